The van der Waals surface area contributed by atoms with Crippen LogP contribution in [0, 0.1) is 0 Å². The van der Waals surface area contributed by atoms with E-state index in [1.807, 2.05) is 20.8 Å². The second-order valence-corrected chi connectivity index (χ2v) is 34.2. The first-order valence-electron chi connectivity index (χ1n) is 7.01. The Hall–Kier alpha value is 3.37. The van der Waals surface area contributed by atoms with Crippen molar-refractivity contribution in [2.75, 3.05) is 6.61 Å². The van der Waals surface area contributed by atoms with Crippen LogP contribution < -0.4 is 0 Å². The fourth-order valence-corrected chi connectivity index (χ4v) is 38.8. The van der Waals surface area contributed by atoms with Gasteiger partial charge >= 0.3 is 189 Å². The third kappa shape index (κ3) is 7.37. The van der Waals surface area contributed by atoms with Crippen molar-refractivity contribution in [2.45, 2.75) is 47.5 Å². The van der Waals surface area contributed by atoms with Gasteiger partial charge < -0.3 is 0 Å². The zero-order chi connectivity index (χ0) is 18.7. The van der Waals surface area contributed by atoms with Crippen molar-refractivity contribution in [3.8, 4) is 0 Å². The Balaban J connectivity index is 6.04. The molecule has 0 unspecified atom stereocenters. The molecule has 0 aromatic heterocycles. The monoisotopic (exact) mass is 576 g/mol. The Morgan fingerprint density at radius 3 is 1.30 bits per heavy atom. The summed E-state index contributed by atoms with van der Waals surface area (Å²) >= 11 is 49.1. The van der Waals surface area contributed by atoms with Gasteiger partial charge in [-0.15, -0.1) is 0 Å². The van der Waals surface area contributed by atoms with Crippen molar-refractivity contribution in [3.05, 3.63) is 0 Å². The van der Waals surface area contributed by atoms with Gasteiger partial charge in [-0.1, -0.05) is 0 Å². The Morgan fingerprint density at radius 2 is 1.09 bits per heavy atom. The van der Waals surface area contributed by atoms with E-state index in [4.69, 9.17) is 111 Å². The minimum atomic E-state index is -5.19. The molecule has 2 nitrogen and oxygen atoms in total. The molecule has 0 aliphatic rings. The molecule has 0 radical (unpaired) electrons. The molecule has 0 fully saturated rings. The van der Waals surface area contributed by atoms with Gasteiger partial charge in [0, 0.05) is 0 Å². The standard InChI is InChI=1S/C6H15OSi.C2H2Cl3O.2CCl3.Zn/c1-4-8(7,5-2)6-3;3-2(4,5)1-6;2*2-1(3)4;/h4-6H2,1-3H3;1H2;;;/q2*-1;;;+2. The van der Waals surface area contributed by atoms with Crippen LogP contribution in [-0.4, -0.2) is 23.5 Å². The third-order valence-electron chi connectivity index (χ3n) is 4.05. The summed E-state index contributed by atoms with van der Waals surface area (Å²) in [4.78, 5) is 0. The molecule has 13 heteroatoms. The van der Waals surface area contributed by atoms with Crippen molar-refractivity contribution in [2.24, 2.45) is 0 Å². The molecule has 0 aromatic carbocycles. The van der Waals surface area contributed by atoms with Crippen LogP contribution in [0.3, 0.4) is 0 Å². The van der Waals surface area contributed by atoms with Crippen LogP contribution in [0.4, 0.5) is 0 Å². The summed E-state index contributed by atoms with van der Waals surface area (Å²) in [5.41, 5.74) is 0. The Labute approximate surface area is 187 Å². The third-order valence-corrected chi connectivity index (χ3v) is 32.7. The number of hydrogen-bond donors (Lipinski definition) is 0. The van der Waals surface area contributed by atoms with E-state index in [1.54, 1.807) is 0 Å². The molecule has 0 heterocycles. The topological polar surface area (TPSA) is 18.5 Å². The quantitative estimate of drug-likeness (QED) is 0.224. The summed E-state index contributed by atoms with van der Waals surface area (Å²) < 4.78 is 6.29. The van der Waals surface area contributed by atoms with Crippen LogP contribution >= 0.6 is 104 Å². The number of alkyl halides is 9. The van der Waals surface area contributed by atoms with E-state index in [-0.39, 0.29) is 0 Å². The van der Waals surface area contributed by atoms with Gasteiger partial charge in [0.25, 0.3) is 0 Å². The summed E-state index contributed by atoms with van der Waals surface area (Å²) in [6, 6.07) is 2.25. The maximum atomic E-state index is 6.37. The zero-order valence-corrected chi connectivity index (χ0v) is 23.5. The molecule has 0 bridgehead atoms. The maximum absolute atomic E-state index is 6.37. The van der Waals surface area contributed by atoms with Crippen LogP contribution in [0.2, 0.25) is 18.1 Å². The van der Waals surface area contributed by atoms with Crippen LogP contribution in [-0.2, 0) is 22.3 Å². The molecular weight excluding hydrogens is 565 g/mol. The molecule has 0 saturated carbocycles. The van der Waals surface area contributed by atoms with E-state index < -0.39 is 39.0 Å². The van der Waals surface area contributed by atoms with Gasteiger partial charge in [-0.25, -0.2) is 0 Å². The van der Waals surface area contributed by atoms with E-state index in [2.05, 4.69) is 0 Å². The SMILES string of the molecule is CC[Si](CC)(CC)[O][Zn]([O]CC(Cl)(Cl)Cl)([C](Cl)(Cl)Cl)[C](Cl)(Cl)Cl. The predicted molar refractivity (Wildman–Crippen MR) is 105 cm³/mol. The van der Waals surface area contributed by atoms with Crippen molar-refractivity contribution in [3.63, 3.8) is 0 Å². The number of rotatable bonds is 7. The minimum absolute atomic E-state index is 0.402. The summed E-state index contributed by atoms with van der Waals surface area (Å²) in [5, 5.41) is 0. The molecule has 0 atom stereocenters. The molecular formula is C10H17Cl9O2SiZn. The van der Waals surface area contributed by atoms with E-state index in [0.717, 1.165) is 18.1 Å². The first-order valence-corrected chi connectivity index (χ1v) is 18.3. The normalized spacial score (nSPS) is 14.4. The average molecular weight is 582 g/mol. The molecule has 0 amide bonds. The Morgan fingerprint density at radius 1 is 0.739 bits per heavy atom. The van der Waals surface area contributed by atoms with Gasteiger partial charge in [0.15, 0.2) is 0 Å². The van der Waals surface area contributed by atoms with Gasteiger partial charge in [-0.2, -0.15) is 0 Å². The van der Waals surface area contributed by atoms with E-state index in [0.29, 0.717) is 0 Å². The van der Waals surface area contributed by atoms with Gasteiger partial charge in [0.2, 0.25) is 0 Å². The molecule has 0 saturated heterocycles. The summed E-state index contributed by atoms with van der Waals surface area (Å²) in [7, 11) is -2.33. The van der Waals surface area contributed by atoms with Gasteiger partial charge in [-0.3, -0.25) is 0 Å². The first-order chi connectivity index (χ1) is 10.1. The molecule has 0 aliphatic heterocycles. The molecule has 0 rings (SSSR count). The molecule has 23 heavy (non-hydrogen) atoms. The summed E-state index contributed by atoms with van der Waals surface area (Å²) in [6.07, 6.45) is 0. The number of hydrogen-bond acceptors (Lipinski definition) is 2. The molecule has 0 N–H and O–H groups in total. The second-order valence-electron chi connectivity index (χ2n) is 5.45. The molecule has 0 aliphatic carbocycles. The van der Waals surface area contributed by atoms with Crippen LogP contribution in [0.5, 0.6) is 0 Å². The zero-order valence-electron chi connectivity index (χ0n) is 12.8. The molecule has 138 valence electrons. The van der Waals surface area contributed by atoms with E-state index in [1.165, 1.54) is 0 Å². The molecule has 0 spiro atoms. The van der Waals surface area contributed by atoms with E-state index in [9.17, 15) is 0 Å². The van der Waals surface area contributed by atoms with E-state index >= 15 is 0 Å². The Kier molecular flexibility index (Phi) is 11.1. The fourth-order valence-electron chi connectivity index (χ4n) is 2.41. The summed E-state index contributed by atoms with van der Waals surface area (Å²) in [5.74, 6) is 0. The van der Waals surface area contributed by atoms with Crippen molar-refractivity contribution in [1.29, 1.82) is 0 Å². The fraction of sp³-hybridized carbons (Fsp3) is 1.00. The predicted octanol–water partition coefficient (Wildman–Crippen LogP) is 8.03. The van der Waals surface area contributed by atoms with Gasteiger partial charge in [-0.05, 0) is 0 Å². The molecule has 0 aromatic rings. The van der Waals surface area contributed by atoms with Crippen LogP contribution in [0.25, 0.3) is 0 Å². The second kappa shape index (κ2) is 9.72. The van der Waals surface area contributed by atoms with Crippen LogP contribution in [0.1, 0.15) is 20.8 Å². The number of halogens is 9. The van der Waals surface area contributed by atoms with Crippen molar-refractivity contribution >= 4 is 113 Å². The average Bonchev–Trinajstić information content (AvgIpc) is 2.36. The first kappa shape index (κ1) is 26.4. The van der Waals surface area contributed by atoms with Gasteiger partial charge in [0.1, 0.15) is 0 Å². The van der Waals surface area contributed by atoms with Crippen molar-refractivity contribution < 1.29 is 22.3 Å². The van der Waals surface area contributed by atoms with Crippen molar-refractivity contribution in [1.82, 2.24) is 0 Å². The Bertz CT molecular complexity index is 354. The van der Waals surface area contributed by atoms with Gasteiger partial charge in [0.05, 0.1) is 0 Å². The van der Waals surface area contributed by atoms with Crippen LogP contribution in [0.15, 0.2) is 0 Å². The summed E-state index contributed by atoms with van der Waals surface area (Å²) in [6.45, 7) is 5.57.